The predicted octanol–water partition coefficient (Wildman–Crippen LogP) is 3.91. The zero-order valence-electron chi connectivity index (χ0n) is 26.6. The number of aliphatic hydroxyl groups is 1. The maximum absolute atomic E-state index is 14.7. The van der Waals surface area contributed by atoms with E-state index in [0.717, 1.165) is 10.8 Å². The standard InChI is InChI=1S/C36H45N3O7/c1-4-6-14-29(41)37-23-24(3)45-35(44)30-28-17-18-36(46-28)31(30)33(42)39(20-10-7-11-21-40)32(36)34(43)38(19-5-2)27-16-15-25-12-8-9-13-26(25)22-27/h4-5,8-9,12-13,15-16,22,24,28,30-32,40H,1-2,6-7,10-11,14,17-21,23H2,3H3,(H,37,41)/t24-,28+,30-,31-,32+,36-/m0/s1. The first-order chi connectivity index (χ1) is 22.2. The highest BCUT2D eigenvalue weighted by molar-refractivity contribution is 6.05. The molecule has 3 aliphatic rings. The molecule has 246 valence electrons. The van der Waals surface area contributed by atoms with Crippen LogP contribution in [-0.2, 0) is 28.7 Å². The van der Waals surface area contributed by atoms with Gasteiger partial charge in [-0.25, -0.2) is 0 Å². The third-order valence-electron chi connectivity index (χ3n) is 9.47. The Kier molecular flexibility index (Phi) is 10.6. The number of aliphatic hydroxyl groups excluding tert-OH is 1. The molecule has 2 bridgehead atoms. The fraction of sp³-hybridized carbons (Fsp3) is 0.500. The summed E-state index contributed by atoms with van der Waals surface area (Å²) in [6.45, 7) is 9.93. The number of unbranched alkanes of at least 4 members (excludes halogenated alkanes) is 2. The molecule has 3 amide bonds. The number of hydrogen-bond donors (Lipinski definition) is 2. The number of carbonyl (C=O) groups excluding carboxylic acids is 4. The number of likely N-dealkylation sites (tertiary alicyclic amines) is 1. The van der Waals surface area contributed by atoms with Crippen molar-refractivity contribution < 1.29 is 33.8 Å². The number of rotatable bonds is 16. The third kappa shape index (κ3) is 6.46. The number of hydrogen-bond acceptors (Lipinski definition) is 7. The monoisotopic (exact) mass is 631 g/mol. The van der Waals surface area contributed by atoms with Crippen molar-refractivity contribution in [3.63, 3.8) is 0 Å². The van der Waals surface area contributed by atoms with Crippen LogP contribution in [0.5, 0.6) is 0 Å². The van der Waals surface area contributed by atoms with Gasteiger partial charge < -0.3 is 29.7 Å². The second-order valence-electron chi connectivity index (χ2n) is 12.5. The van der Waals surface area contributed by atoms with Gasteiger partial charge in [0.2, 0.25) is 11.8 Å². The third-order valence-corrected chi connectivity index (χ3v) is 9.47. The molecular formula is C36H45N3O7. The van der Waals surface area contributed by atoms with Gasteiger partial charge in [0.1, 0.15) is 17.7 Å². The van der Waals surface area contributed by atoms with Gasteiger partial charge in [-0.05, 0) is 68.4 Å². The second kappa shape index (κ2) is 14.6. The Labute approximate surface area is 270 Å². The van der Waals surface area contributed by atoms with Crippen molar-refractivity contribution >= 4 is 40.2 Å². The maximum atomic E-state index is 14.7. The minimum atomic E-state index is -1.17. The molecule has 1 spiro atoms. The number of carbonyl (C=O) groups is 4. The average Bonchev–Trinajstić information content (AvgIpc) is 3.70. The van der Waals surface area contributed by atoms with Gasteiger partial charge in [-0.1, -0.05) is 42.5 Å². The molecule has 10 nitrogen and oxygen atoms in total. The van der Waals surface area contributed by atoms with Crippen LogP contribution in [0.25, 0.3) is 10.8 Å². The van der Waals surface area contributed by atoms with Gasteiger partial charge in [0.15, 0.2) is 0 Å². The summed E-state index contributed by atoms with van der Waals surface area (Å²) in [5, 5.41) is 14.1. The number of fused-ring (bicyclic) bond motifs is 2. The highest BCUT2D eigenvalue weighted by Gasteiger charge is 2.75. The van der Waals surface area contributed by atoms with E-state index in [2.05, 4.69) is 18.5 Å². The quantitative estimate of drug-likeness (QED) is 0.164. The lowest BCUT2D eigenvalue weighted by molar-refractivity contribution is -0.159. The smallest absolute Gasteiger partial charge is 0.312 e. The van der Waals surface area contributed by atoms with Gasteiger partial charge >= 0.3 is 5.97 Å². The van der Waals surface area contributed by atoms with Crippen LogP contribution in [0.4, 0.5) is 5.69 Å². The van der Waals surface area contributed by atoms with Gasteiger partial charge in [0.25, 0.3) is 5.91 Å². The number of anilines is 1. The molecule has 0 aromatic heterocycles. The summed E-state index contributed by atoms with van der Waals surface area (Å²) >= 11 is 0. The molecule has 3 aliphatic heterocycles. The SMILES string of the molecule is C=CCCC(=O)NC[C@H](C)OC(=O)[C@@H]1[C@H]2C(=O)N(CCCCCO)[C@H](C(=O)N(CC=C)c3ccc4ccccc4c3)[C@]23CC[C@H]1O3. The van der Waals surface area contributed by atoms with Crippen LogP contribution >= 0.6 is 0 Å². The van der Waals surface area contributed by atoms with Crippen LogP contribution in [0.15, 0.2) is 67.8 Å². The van der Waals surface area contributed by atoms with Gasteiger partial charge in [0.05, 0.1) is 24.5 Å². The molecule has 3 fully saturated rings. The Bertz CT molecular complexity index is 1480. The fourth-order valence-electron chi connectivity index (χ4n) is 7.35. The van der Waals surface area contributed by atoms with Crippen molar-refractivity contribution in [2.45, 2.75) is 75.7 Å². The Morgan fingerprint density at radius 1 is 1.15 bits per heavy atom. The predicted molar refractivity (Wildman–Crippen MR) is 175 cm³/mol. The number of nitrogens with one attached hydrogen (secondary N) is 1. The molecule has 10 heteroatoms. The van der Waals surface area contributed by atoms with Gasteiger partial charge in [-0.2, -0.15) is 0 Å². The Morgan fingerprint density at radius 3 is 2.67 bits per heavy atom. The molecule has 0 saturated carbocycles. The van der Waals surface area contributed by atoms with Crippen molar-refractivity contribution in [1.29, 1.82) is 0 Å². The van der Waals surface area contributed by atoms with Crippen molar-refractivity contribution in [3.8, 4) is 0 Å². The summed E-state index contributed by atoms with van der Waals surface area (Å²) in [4.78, 5) is 58.0. The van der Waals surface area contributed by atoms with Crippen molar-refractivity contribution in [2.24, 2.45) is 11.8 Å². The van der Waals surface area contributed by atoms with Gasteiger partial charge in [-0.3, -0.25) is 19.2 Å². The normalized spacial score (nSPS) is 25.3. The summed E-state index contributed by atoms with van der Waals surface area (Å²) in [6.07, 6.45) is 5.88. The lowest BCUT2D eigenvalue weighted by atomic mass is 9.70. The number of benzene rings is 2. The number of ether oxygens (including phenoxy) is 2. The van der Waals surface area contributed by atoms with E-state index in [1.807, 2.05) is 42.5 Å². The van der Waals surface area contributed by atoms with Crippen LogP contribution < -0.4 is 10.2 Å². The van der Waals surface area contributed by atoms with E-state index >= 15 is 0 Å². The van der Waals surface area contributed by atoms with Crippen LogP contribution in [0.3, 0.4) is 0 Å². The van der Waals surface area contributed by atoms with Gasteiger partial charge in [-0.15, -0.1) is 13.2 Å². The first kappa shape index (κ1) is 33.3. The van der Waals surface area contributed by atoms with E-state index in [1.54, 1.807) is 28.9 Å². The molecule has 0 unspecified atom stereocenters. The minimum Gasteiger partial charge on any atom is -0.460 e. The molecule has 0 radical (unpaired) electrons. The summed E-state index contributed by atoms with van der Waals surface area (Å²) in [5.74, 6) is -2.99. The maximum Gasteiger partial charge on any atom is 0.312 e. The molecule has 6 atom stereocenters. The number of esters is 1. The van der Waals surface area contributed by atoms with Crippen LogP contribution in [-0.4, -0.2) is 83.8 Å². The zero-order chi connectivity index (χ0) is 32.8. The molecule has 0 aliphatic carbocycles. The van der Waals surface area contributed by atoms with E-state index in [0.29, 0.717) is 57.2 Å². The van der Waals surface area contributed by atoms with Crippen molar-refractivity contribution in [3.05, 3.63) is 67.8 Å². The number of amides is 3. The average molecular weight is 632 g/mol. The highest BCUT2D eigenvalue weighted by Crippen LogP contribution is 2.59. The minimum absolute atomic E-state index is 0.0452. The van der Waals surface area contributed by atoms with Crippen molar-refractivity contribution in [2.75, 3.05) is 31.1 Å². The van der Waals surface area contributed by atoms with E-state index in [4.69, 9.17) is 9.47 Å². The lowest BCUT2D eigenvalue weighted by Gasteiger charge is -2.37. The number of nitrogens with zero attached hydrogens (tertiary/aromatic N) is 2. The molecule has 5 rings (SSSR count). The van der Waals surface area contributed by atoms with Gasteiger partial charge in [0, 0.05) is 31.8 Å². The molecule has 2 aromatic carbocycles. The molecule has 3 saturated heterocycles. The molecule has 2 N–H and O–H groups in total. The van der Waals surface area contributed by atoms with Crippen molar-refractivity contribution in [1.82, 2.24) is 10.2 Å². The molecule has 2 aromatic rings. The van der Waals surface area contributed by atoms with E-state index in [-0.39, 0.29) is 37.4 Å². The van der Waals surface area contributed by atoms with E-state index in [9.17, 15) is 24.3 Å². The Balaban J connectivity index is 1.42. The summed E-state index contributed by atoms with van der Waals surface area (Å²) in [7, 11) is 0. The highest BCUT2D eigenvalue weighted by atomic mass is 16.6. The summed E-state index contributed by atoms with van der Waals surface area (Å²) < 4.78 is 12.4. The van der Waals surface area contributed by atoms with Crippen LogP contribution in [0, 0.1) is 11.8 Å². The summed E-state index contributed by atoms with van der Waals surface area (Å²) in [5.41, 5.74) is -0.485. The van der Waals surface area contributed by atoms with Crippen LogP contribution in [0.1, 0.15) is 51.9 Å². The largest absolute Gasteiger partial charge is 0.460 e. The Morgan fingerprint density at radius 2 is 1.93 bits per heavy atom. The van der Waals surface area contributed by atoms with Crippen LogP contribution in [0.2, 0.25) is 0 Å². The van der Waals surface area contributed by atoms with E-state index < -0.39 is 41.7 Å². The molecule has 46 heavy (non-hydrogen) atoms. The number of allylic oxidation sites excluding steroid dienone is 1. The fourth-order valence-corrected chi connectivity index (χ4v) is 7.35. The Hall–Kier alpha value is -4.02. The first-order valence-electron chi connectivity index (χ1n) is 16.3. The molecule has 3 heterocycles. The van der Waals surface area contributed by atoms with E-state index in [1.165, 1.54) is 0 Å². The zero-order valence-corrected chi connectivity index (χ0v) is 26.6. The first-order valence-corrected chi connectivity index (χ1v) is 16.3. The lowest BCUT2D eigenvalue weighted by Crippen LogP contribution is -2.56. The second-order valence-corrected chi connectivity index (χ2v) is 12.5. The molecular weight excluding hydrogens is 586 g/mol. The summed E-state index contributed by atoms with van der Waals surface area (Å²) in [6, 6.07) is 12.8. The topological polar surface area (TPSA) is 125 Å².